The fourth-order valence-corrected chi connectivity index (χ4v) is 1.83. The Balaban J connectivity index is 2.29. The van der Waals surface area contributed by atoms with Crippen molar-refractivity contribution in [3.05, 3.63) is 0 Å². The first-order valence-electron chi connectivity index (χ1n) is 6.21. The Morgan fingerprint density at radius 1 is 1.38 bits per heavy atom. The minimum absolute atomic E-state index is 0.0246. The third-order valence-corrected chi connectivity index (χ3v) is 2.74. The molecule has 2 atom stereocenters. The first-order valence-corrected chi connectivity index (χ1v) is 6.21. The second-order valence-electron chi connectivity index (χ2n) is 4.22. The van der Waals surface area contributed by atoms with Gasteiger partial charge in [-0.05, 0) is 19.4 Å². The number of hydrogen-bond donors (Lipinski definition) is 1. The summed E-state index contributed by atoms with van der Waals surface area (Å²) in [7, 11) is 0. The molecule has 4 heteroatoms. The van der Waals surface area contributed by atoms with Gasteiger partial charge in [0.25, 0.3) is 0 Å². The number of carbonyl (C=O) groups is 1. The van der Waals surface area contributed by atoms with E-state index in [1.54, 1.807) is 0 Å². The summed E-state index contributed by atoms with van der Waals surface area (Å²) in [4.78, 5) is 11.8. The highest BCUT2D eigenvalue weighted by atomic mass is 16.5. The second kappa shape index (κ2) is 7.76. The molecule has 0 aromatic heterocycles. The fourth-order valence-electron chi connectivity index (χ4n) is 1.83. The lowest BCUT2D eigenvalue weighted by Crippen LogP contribution is -2.40. The first-order chi connectivity index (χ1) is 7.79. The van der Waals surface area contributed by atoms with Crippen LogP contribution in [0.15, 0.2) is 0 Å². The quantitative estimate of drug-likeness (QED) is 0.631. The van der Waals surface area contributed by atoms with Crippen LogP contribution in [0.1, 0.15) is 26.7 Å². The zero-order valence-corrected chi connectivity index (χ0v) is 10.3. The molecule has 0 aromatic carbocycles. The molecule has 1 aliphatic heterocycles. The van der Waals surface area contributed by atoms with Gasteiger partial charge in [-0.2, -0.15) is 0 Å². The van der Waals surface area contributed by atoms with Crippen molar-refractivity contribution in [1.82, 2.24) is 5.32 Å². The maximum absolute atomic E-state index is 11.8. The summed E-state index contributed by atoms with van der Waals surface area (Å²) in [5.41, 5.74) is 0. The van der Waals surface area contributed by atoms with Crippen LogP contribution in [-0.4, -0.2) is 44.8 Å². The maximum Gasteiger partial charge on any atom is 0.165 e. The van der Waals surface area contributed by atoms with Crippen molar-refractivity contribution in [3.63, 3.8) is 0 Å². The minimum Gasteiger partial charge on any atom is -0.379 e. The topological polar surface area (TPSA) is 47.6 Å². The number of ketones is 1. The van der Waals surface area contributed by atoms with Gasteiger partial charge in [0.05, 0.1) is 19.1 Å². The van der Waals surface area contributed by atoms with Crippen LogP contribution in [0.2, 0.25) is 0 Å². The van der Waals surface area contributed by atoms with Crippen molar-refractivity contribution in [2.45, 2.75) is 32.7 Å². The summed E-state index contributed by atoms with van der Waals surface area (Å²) in [6, 6.07) is 0.178. The highest BCUT2D eigenvalue weighted by Crippen LogP contribution is 2.15. The summed E-state index contributed by atoms with van der Waals surface area (Å²) in [5, 5.41) is 3.35. The van der Waals surface area contributed by atoms with Gasteiger partial charge in [-0.3, -0.25) is 4.79 Å². The van der Waals surface area contributed by atoms with Gasteiger partial charge >= 0.3 is 0 Å². The van der Waals surface area contributed by atoms with Crippen molar-refractivity contribution in [3.8, 4) is 0 Å². The molecule has 1 saturated heterocycles. The predicted octanol–water partition coefficient (Wildman–Crippen LogP) is 0.997. The van der Waals surface area contributed by atoms with E-state index in [-0.39, 0.29) is 24.3 Å². The molecule has 4 nitrogen and oxygen atoms in total. The zero-order chi connectivity index (χ0) is 11.8. The second-order valence-corrected chi connectivity index (χ2v) is 4.22. The first kappa shape index (κ1) is 13.6. The van der Waals surface area contributed by atoms with E-state index in [1.165, 1.54) is 0 Å². The van der Waals surface area contributed by atoms with Crippen molar-refractivity contribution < 1.29 is 14.3 Å². The average molecular weight is 229 g/mol. The van der Waals surface area contributed by atoms with Gasteiger partial charge in [0, 0.05) is 12.6 Å². The van der Waals surface area contributed by atoms with Crippen molar-refractivity contribution >= 4 is 5.78 Å². The van der Waals surface area contributed by atoms with E-state index in [2.05, 4.69) is 12.2 Å². The lowest BCUT2D eigenvalue weighted by atomic mass is 9.99. The molecule has 1 N–H and O–H groups in total. The number of ether oxygens (including phenoxy) is 2. The molecule has 0 amide bonds. The SMILES string of the molecule is CCCNC1COCC1C(=O)COCCC. The van der Waals surface area contributed by atoms with Crippen LogP contribution in [0.5, 0.6) is 0 Å². The Kier molecular flexibility index (Phi) is 6.61. The van der Waals surface area contributed by atoms with E-state index in [9.17, 15) is 4.79 Å². The van der Waals surface area contributed by atoms with Crippen molar-refractivity contribution in [2.75, 3.05) is 33.0 Å². The van der Waals surface area contributed by atoms with E-state index in [0.29, 0.717) is 19.8 Å². The third kappa shape index (κ3) is 4.20. The third-order valence-electron chi connectivity index (χ3n) is 2.74. The molecule has 1 aliphatic rings. The molecule has 0 radical (unpaired) electrons. The maximum atomic E-state index is 11.8. The fraction of sp³-hybridized carbons (Fsp3) is 0.917. The van der Waals surface area contributed by atoms with E-state index >= 15 is 0 Å². The van der Waals surface area contributed by atoms with E-state index in [1.807, 2.05) is 6.92 Å². The largest absolute Gasteiger partial charge is 0.379 e. The van der Waals surface area contributed by atoms with Gasteiger partial charge in [0.2, 0.25) is 0 Å². The minimum atomic E-state index is -0.0246. The Labute approximate surface area is 97.7 Å². The van der Waals surface area contributed by atoms with Crippen LogP contribution in [0.4, 0.5) is 0 Å². The lowest BCUT2D eigenvalue weighted by molar-refractivity contribution is -0.127. The Hall–Kier alpha value is -0.450. The molecule has 2 unspecified atom stereocenters. The molecule has 16 heavy (non-hydrogen) atoms. The highest BCUT2D eigenvalue weighted by molar-refractivity contribution is 5.83. The van der Waals surface area contributed by atoms with Crippen molar-refractivity contribution in [1.29, 1.82) is 0 Å². The number of Topliss-reactive ketones (excluding diaryl/α,β-unsaturated/α-hetero) is 1. The lowest BCUT2D eigenvalue weighted by Gasteiger charge is -2.17. The van der Waals surface area contributed by atoms with Gasteiger partial charge in [-0.25, -0.2) is 0 Å². The van der Waals surface area contributed by atoms with E-state index in [0.717, 1.165) is 19.4 Å². The number of carbonyl (C=O) groups excluding carboxylic acids is 1. The van der Waals surface area contributed by atoms with Crippen LogP contribution in [0.25, 0.3) is 0 Å². The van der Waals surface area contributed by atoms with Gasteiger partial charge in [0.15, 0.2) is 5.78 Å². The average Bonchev–Trinajstić information content (AvgIpc) is 2.74. The van der Waals surface area contributed by atoms with Crippen LogP contribution in [-0.2, 0) is 14.3 Å². The molecule has 0 aromatic rings. The molecule has 94 valence electrons. The molecule has 0 aliphatic carbocycles. The molecule has 0 bridgehead atoms. The van der Waals surface area contributed by atoms with Gasteiger partial charge in [-0.1, -0.05) is 13.8 Å². The van der Waals surface area contributed by atoms with Crippen molar-refractivity contribution in [2.24, 2.45) is 5.92 Å². The molecular formula is C12H23NO3. The Bertz CT molecular complexity index is 208. The molecular weight excluding hydrogens is 206 g/mol. The number of rotatable bonds is 8. The van der Waals surface area contributed by atoms with Crippen LogP contribution < -0.4 is 5.32 Å². The molecule has 1 rings (SSSR count). The Morgan fingerprint density at radius 2 is 2.19 bits per heavy atom. The number of hydrogen-bond acceptors (Lipinski definition) is 4. The highest BCUT2D eigenvalue weighted by Gasteiger charge is 2.33. The summed E-state index contributed by atoms with van der Waals surface area (Å²) in [6.07, 6.45) is 2.02. The summed E-state index contributed by atoms with van der Waals surface area (Å²) in [6.45, 7) is 7.16. The standard InChI is InChI=1S/C12H23NO3/c1-3-5-13-11-8-16-7-10(11)12(14)9-15-6-4-2/h10-11,13H,3-9H2,1-2H3. The van der Waals surface area contributed by atoms with Gasteiger partial charge in [-0.15, -0.1) is 0 Å². The Morgan fingerprint density at radius 3 is 2.88 bits per heavy atom. The van der Waals surface area contributed by atoms with Gasteiger partial charge in [0.1, 0.15) is 6.61 Å². The van der Waals surface area contributed by atoms with E-state index < -0.39 is 0 Å². The number of nitrogens with one attached hydrogen (secondary N) is 1. The molecule has 0 saturated carbocycles. The molecule has 0 spiro atoms. The van der Waals surface area contributed by atoms with E-state index in [4.69, 9.17) is 9.47 Å². The molecule has 1 fully saturated rings. The van der Waals surface area contributed by atoms with Gasteiger partial charge < -0.3 is 14.8 Å². The predicted molar refractivity (Wildman–Crippen MR) is 62.5 cm³/mol. The summed E-state index contributed by atoms with van der Waals surface area (Å²) < 4.78 is 10.6. The van der Waals surface area contributed by atoms with Crippen LogP contribution in [0, 0.1) is 5.92 Å². The molecule has 1 heterocycles. The normalized spacial score (nSPS) is 24.9. The zero-order valence-electron chi connectivity index (χ0n) is 10.3. The summed E-state index contributed by atoms with van der Waals surface area (Å²) in [5.74, 6) is 0.142. The van der Waals surface area contributed by atoms with Crippen LogP contribution >= 0.6 is 0 Å². The van der Waals surface area contributed by atoms with Crippen LogP contribution in [0.3, 0.4) is 0 Å². The summed E-state index contributed by atoms with van der Waals surface area (Å²) >= 11 is 0. The smallest absolute Gasteiger partial charge is 0.165 e. The monoisotopic (exact) mass is 229 g/mol.